The SMILES string of the molecule is CCCCCOC(=O)[B]CC(C)CC. The van der Waals surface area contributed by atoms with E-state index in [1.807, 2.05) is 0 Å². The fourth-order valence-electron chi connectivity index (χ4n) is 1.05. The molecule has 0 fully saturated rings. The van der Waals surface area contributed by atoms with Crippen LogP contribution in [-0.2, 0) is 4.74 Å². The fraction of sp³-hybridized carbons (Fsp3) is 0.909. The highest BCUT2D eigenvalue weighted by Crippen LogP contribution is 2.06. The Balaban J connectivity index is 3.28. The highest BCUT2D eigenvalue weighted by molar-refractivity contribution is 6.71. The summed E-state index contributed by atoms with van der Waals surface area (Å²) in [7, 11) is 1.67. The van der Waals surface area contributed by atoms with Gasteiger partial charge in [0.25, 0.3) is 7.28 Å². The molecule has 0 amide bonds. The van der Waals surface area contributed by atoms with Gasteiger partial charge in [-0.15, -0.1) is 0 Å². The molecule has 1 radical (unpaired) electrons. The maximum Gasteiger partial charge on any atom is 0.261 e. The molecule has 0 aliphatic rings. The zero-order valence-corrected chi connectivity index (χ0v) is 9.71. The van der Waals surface area contributed by atoms with Gasteiger partial charge in [0.15, 0.2) is 0 Å². The molecule has 81 valence electrons. The van der Waals surface area contributed by atoms with Crippen molar-refractivity contribution in [2.24, 2.45) is 5.92 Å². The molecule has 1 atom stereocenters. The van der Waals surface area contributed by atoms with Crippen LogP contribution in [0.3, 0.4) is 0 Å². The summed E-state index contributed by atoms with van der Waals surface area (Å²) in [4.78, 5) is 11.1. The second kappa shape index (κ2) is 9.10. The molecule has 0 spiro atoms. The maximum absolute atomic E-state index is 11.1. The largest absolute Gasteiger partial charge is 0.474 e. The van der Waals surface area contributed by atoms with Crippen LogP contribution < -0.4 is 0 Å². The molecule has 0 aromatic carbocycles. The zero-order valence-electron chi connectivity index (χ0n) is 9.71. The minimum absolute atomic E-state index is 0.151. The predicted molar refractivity (Wildman–Crippen MR) is 60.9 cm³/mol. The number of hydrogen-bond acceptors (Lipinski definition) is 2. The molecule has 0 heterocycles. The summed E-state index contributed by atoms with van der Waals surface area (Å²) >= 11 is 0. The second-order valence-corrected chi connectivity index (χ2v) is 3.83. The summed E-state index contributed by atoms with van der Waals surface area (Å²) in [5.74, 6) is 0.430. The average Bonchev–Trinajstić information content (AvgIpc) is 2.21. The Hall–Kier alpha value is -0.465. The van der Waals surface area contributed by atoms with Crippen LogP contribution in [0.2, 0.25) is 6.32 Å². The summed E-state index contributed by atoms with van der Waals surface area (Å²) in [5, 5.41) is 0. The Kier molecular flexibility index (Phi) is 8.80. The van der Waals surface area contributed by atoms with Crippen molar-refractivity contribution in [2.75, 3.05) is 6.61 Å². The van der Waals surface area contributed by atoms with Gasteiger partial charge in [0.05, 0.1) is 6.61 Å². The van der Waals surface area contributed by atoms with E-state index in [0.717, 1.165) is 32.0 Å². The Morgan fingerprint density at radius 1 is 1.36 bits per heavy atom. The highest BCUT2D eigenvalue weighted by atomic mass is 16.5. The van der Waals surface area contributed by atoms with E-state index in [0.29, 0.717) is 12.5 Å². The van der Waals surface area contributed by atoms with Crippen molar-refractivity contribution in [3.05, 3.63) is 0 Å². The molecule has 0 bridgehead atoms. The first-order valence-corrected chi connectivity index (χ1v) is 5.70. The predicted octanol–water partition coefficient (Wildman–Crippen LogP) is 3.48. The third kappa shape index (κ3) is 8.15. The van der Waals surface area contributed by atoms with Gasteiger partial charge in [-0.25, -0.2) is 0 Å². The molecule has 0 rings (SSSR count). The van der Waals surface area contributed by atoms with E-state index < -0.39 is 0 Å². The molecule has 0 saturated heterocycles. The third-order valence-electron chi connectivity index (χ3n) is 2.38. The molecule has 14 heavy (non-hydrogen) atoms. The van der Waals surface area contributed by atoms with E-state index >= 15 is 0 Å². The quantitative estimate of drug-likeness (QED) is 0.439. The first-order valence-electron chi connectivity index (χ1n) is 5.70. The van der Waals surface area contributed by atoms with E-state index in [-0.39, 0.29) is 5.87 Å². The smallest absolute Gasteiger partial charge is 0.261 e. The van der Waals surface area contributed by atoms with Gasteiger partial charge in [-0.05, 0) is 6.42 Å². The average molecular weight is 197 g/mol. The van der Waals surface area contributed by atoms with Gasteiger partial charge < -0.3 is 4.74 Å². The molecular formula is C11H22BO2. The summed E-state index contributed by atoms with van der Waals surface area (Å²) < 4.78 is 5.04. The number of hydrogen-bond donors (Lipinski definition) is 0. The van der Waals surface area contributed by atoms with Crippen molar-refractivity contribution in [3.63, 3.8) is 0 Å². The lowest BCUT2D eigenvalue weighted by Gasteiger charge is -2.07. The molecule has 0 aliphatic carbocycles. The van der Waals surface area contributed by atoms with E-state index in [1.165, 1.54) is 0 Å². The molecular weight excluding hydrogens is 175 g/mol. The van der Waals surface area contributed by atoms with Crippen molar-refractivity contribution in [2.45, 2.75) is 52.8 Å². The van der Waals surface area contributed by atoms with Crippen LogP contribution in [0.25, 0.3) is 0 Å². The number of carbonyl (C=O) groups excluding carboxylic acids is 1. The van der Waals surface area contributed by atoms with Crippen molar-refractivity contribution in [1.29, 1.82) is 0 Å². The Bertz CT molecular complexity index is 148. The Morgan fingerprint density at radius 2 is 2.07 bits per heavy atom. The number of carbonyl (C=O) groups is 1. The molecule has 2 nitrogen and oxygen atoms in total. The standard InChI is InChI=1S/C11H22BO2/c1-4-6-7-8-14-11(13)12-9-10(3)5-2/h10H,4-9H2,1-3H3. The number of ether oxygens (including phenoxy) is 1. The van der Waals surface area contributed by atoms with Gasteiger partial charge in [0.1, 0.15) is 0 Å². The zero-order chi connectivity index (χ0) is 10.8. The fourth-order valence-corrected chi connectivity index (χ4v) is 1.05. The highest BCUT2D eigenvalue weighted by Gasteiger charge is 2.08. The summed E-state index contributed by atoms with van der Waals surface area (Å²) in [6.07, 6.45) is 5.23. The van der Waals surface area contributed by atoms with Gasteiger partial charge in [0.2, 0.25) is 5.87 Å². The summed E-state index contributed by atoms with van der Waals surface area (Å²) in [5.41, 5.74) is 0. The molecule has 0 saturated carbocycles. The first kappa shape index (κ1) is 13.5. The monoisotopic (exact) mass is 197 g/mol. The number of rotatable bonds is 8. The molecule has 0 aromatic rings. The van der Waals surface area contributed by atoms with Gasteiger partial charge >= 0.3 is 0 Å². The normalized spacial score (nSPS) is 12.2. The van der Waals surface area contributed by atoms with Crippen molar-refractivity contribution < 1.29 is 9.53 Å². The van der Waals surface area contributed by atoms with Gasteiger partial charge in [-0.1, -0.05) is 52.3 Å². The van der Waals surface area contributed by atoms with Crippen LogP contribution >= 0.6 is 0 Å². The lowest BCUT2D eigenvalue weighted by atomic mass is 9.69. The van der Waals surface area contributed by atoms with Crippen LogP contribution in [0, 0.1) is 5.92 Å². The summed E-state index contributed by atoms with van der Waals surface area (Å²) in [6.45, 7) is 6.98. The molecule has 0 N–H and O–H groups in total. The van der Waals surface area contributed by atoms with Crippen LogP contribution in [0.4, 0.5) is 4.79 Å². The summed E-state index contributed by atoms with van der Waals surface area (Å²) in [6, 6.07) is 0. The van der Waals surface area contributed by atoms with Crippen molar-refractivity contribution in [1.82, 2.24) is 0 Å². The molecule has 0 aliphatic heterocycles. The van der Waals surface area contributed by atoms with Crippen LogP contribution in [0.5, 0.6) is 0 Å². The van der Waals surface area contributed by atoms with Gasteiger partial charge in [-0.3, -0.25) is 4.79 Å². The minimum Gasteiger partial charge on any atom is -0.474 e. The van der Waals surface area contributed by atoms with Crippen LogP contribution in [0.1, 0.15) is 46.5 Å². The second-order valence-electron chi connectivity index (χ2n) is 3.83. The minimum atomic E-state index is -0.151. The Labute approximate surface area is 88.7 Å². The van der Waals surface area contributed by atoms with E-state index in [9.17, 15) is 4.79 Å². The van der Waals surface area contributed by atoms with Crippen molar-refractivity contribution >= 4 is 13.1 Å². The topological polar surface area (TPSA) is 26.3 Å². The molecule has 3 heteroatoms. The molecule has 0 aromatic heterocycles. The Morgan fingerprint density at radius 3 is 2.64 bits per heavy atom. The number of unbranched alkanes of at least 4 members (excludes halogenated alkanes) is 2. The maximum atomic E-state index is 11.1. The first-order chi connectivity index (χ1) is 6.70. The molecule has 1 unspecified atom stereocenters. The van der Waals surface area contributed by atoms with Crippen LogP contribution in [-0.4, -0.2) is 19.8 Å². The van der Waals surface area contributed by atoms with E-state index in [4.69, 9.17) is 4.74 Å². The third-order valence-corrected chi connectivity index (χ3v) is 2.38. The van der Waals surface area contributed by atoms with Crippen LogP contribution in [0.15, 0.2) is 0 Å². The van der Waals surface area contributed by atoms with Crippen molar-refractivity contribution in [3.8, 4) is 0 Å². The van der Waals surface area contributed by atoms with Gasteiger partial charge in [-0.2, -0.15) is 0 Å². The lowest BCUT2D eigenvalue weighted by Crippen LogP contribution is -2.14. The lowest BCUT2D eigenvalue weighted by molar-refractivity contribution is 0.170. The van der Waals surface area contributed by atoms with Gasteiger partial charge in [0, 0.05) is 0 Å². The van der Waals surface area contributed by atoms with E-state index in [1.54, 1.807) is 7.28 Å². The van der Waals surface area contributed by atoms with E-state index in [2.05, 4.69) is 20.8 Å².